The van der Waals surface area contributed by atoms with Crippen LogP contribution in [-0.4, -0.2) is 45.3 Å². The fraction of sp³-hybridized carbons (Fsp3) is 0.412. The van der Waals surface area contributed by atoms with Crippen molar-refractivity contribution in [2.24, 2.45) is 0 Å². The van der Waals surface area contributed by atoms with Crippen molar-refractivity contribution in [3.8, 4) is 11.8 Å². The molecule has 0 spiro atoms. The molecule has 0 N–H and O–H groups in total. The summed E-state index contributed by atoms with van der Waals surface area (Å²) in [5.41, 5.74) is 0.933. The van der Waals surface area contributed by atoms with Gasteiger partial charge in [0.2, 0.25) is 0 Å². The molecule has 1 atom stereocenters. The van der Waals surface area contributed by atoms with Crippen LogP contribution in [-0.2, 0) is 11.2 Å². The molecule has 0 radical (unpaired) electrons. The molecular weight excluding hydrogens is 306 g/mol. The number of nitriles is 1. The first kappa shape index (κ1) is 16.0. The minimum Gasteiger partial charge on any atom is -0.484 e. The van der Waals surface area contributed by atoms with Crippen molar-refractivity contribution < 1.29 is 9.53 Å². The Labute approximate surface area is 140 Å². The molecular formula is C17H19N5O2. The van der Waals surface area contributed by atoms with Crippen LogP contribution in [0.4, 0.5) is 0 Å². The number of aromatic nitrogens is 3. The van der Waals surface area contributed by atoms with Gasteiger partial charge in [-0.25, -0.2) is 9.67 Å². The van der Waals surface area contributed by atoms with Crippen LogP contribution in [0.15, 0.2) is 36.9 Å². The van der Waals surface area contributed by atoms with Gasteiger partial charge in [0, 0.05) is 13.1 Å². The summed E-state index contributed by atoms with van der Waals surface area (Å²) >= 11 is 0. The lowest BCUT2D eigenvalue weighted by molar-refractivity contribution is -0.135. The lowest BCUT2D eigenvalue weighted by Crippen LogP contribution is -2.43. The molecule has 1 aliphatic heterocycles. The topological polar surface area (TPSA) is 84.0 Å². The second-order valence-corrected chi connectivity index (χ2v) is 5.78. The average molecular weight is 325 g/mol. The van der Waals surface area contributed by atoms with Crippen molar-refractivity contribution in [3.05, 3.63) is 42.5 Å². The van der Waals surface area contributed by atoms with Crippen molar-refractivity contribution in [1.82, 2.24) is 19.7 Å². The van der Waals surface area contributed by atoms with E-state index in [-0.39, 0.29) is 18.6 Å². The van der Waals surface area contributed by atoms with Crippen LogP contribution in [0.3, 0.4) is 0 Å². The molecule has 1 aromatic heterocycles. The summed E-state index contributed by atoms with van der Waals surface area (Å²) in [5.74, 6) is 0.607. The number of piperidine rings is 1. The summed E-state index contributed by atoms with van der Waals surface area (Å²) in [5, 5.41) is 12.8. The Bertz CT molecular complexity index is 706. The van der Waals surface area contributed by atoms with Gasteiger partial charge in [-0.15, -0.1) is 0 Å². The van der Waals surface area contributed by atoms with E-state index in [1.807, 2.05) is 21.7 Å². The Balaban J connectivity index is 1.52. The molecule has 0 unspecified atom stereocenters. The molecule has 3 rings (SSSR count). The summed E-state index contributed by atoms with van der Waals surface area (Å²) < 4.78 is 7.38. The molecule has 1 saturated heterocycles. The highest BCUT2D eigenvalue weighted by Crippen LogP contribution is 2.20. The highest BCUT2D eigenvalue weighted by Gasteiger charge is 2.25. The number of amides is 1. The summed E-state index contributed by atoms with van der Waals surface area (Å²) in [6.45, 7) is 1.39. The quantitative estimate of drug-likeness (QED) is 0.833. The molecule has 24 heavy (non-hydrogen) atoms. The van der Waals surface area contributed by atoms with Crippen molar-refractivity contribution >= 4 is 5.91 Å². The fourth-order valence-electron chi connectivity index (χ4n) is 2.83. The lowest BCUT2D eigenvalue weighted by atomic mass is 10.1. The van der Waals surface area contributed by atoms with Gasteiger partial charge in [-0.1, -0.05) is 12.1 Å². The first-order valence-electron chi connectivity index (χ1n) is 7.97. The number of nitrogens with zero attached hydrogens (tertiary/aromatic N) is 5. The second kappa shape index (κ2) is 7.59. The first-order valence-corrected chi connectivity index (χ1v) is 7.97. The lowest BCUT2D eigenvalue weighted by Gasteiger charge is -2.32. The van der Waals surface area contributed by atoms with Crippen LogP contribution < -0.4 is 4.74 Å². The van der Waals surface area contributed by atoms with E-state index < -0.39 is 0 Å². The maximum absolute atomic E-state index is 12.4. The zero-order valence-corrected chi connectivity index (χ0v) is 13.3. The van der Waals surface area contributed by atoms with E-state index in [1.165, 1.54) is 6.33 Å². The zero-order valence-electron chi connectivity index (χ0n) is 13.3. The van der Waals surface area contributed by atoms with E-state index in [9.17, 15) is 4.79 Å². The van der Waals surface area contributed by atoms with Gasteiger partial charge in [-0.05, 0) is 30.5 Å². The molecule has 7 heteroatoms. The molecule has 0 aliphatic carbocycles. The Morgan fingerprint density at radius 1 is 1.38 bits per heavy atom. The van der Waals surface area contributed by atoms with Gasteiger partial charge in [0.05, 0.1) is 18.5 Å². The molecule has 124 valence electrons. The SMILES string of the molecule is N#CCc1ccc(OCC(=O)N2CCC[C@H](n3cncn3)C2)cc1. The van der Waals surface area contributed by atoms with E-state index in [2.05, 4.69) is 16.2 Å². The van der Waals surface area contributed by atoms with Crippen LogP contribution in [0.1, 0.15) is 24.4 Å². The average Bonchev–Trinajstić information content (AvgIpc) is 3.16. The maximum atomic E-state index is 12.4. The third-order valence-electron chi connectivity index (χ3n) is 4.13. The summed E-state index contributed by atoms with van der Waals surface area (Å²) in [6.07, 6.45) is 5.52. The largest absolute Gasteiger partial charge is 0.484 e. The molecule has 1 amide bonds. The Morgan fingerprint density at radius 2 is 2.21 bits per heavy atom. The number of likely N-dealkylation sites (tertiary alicyclic amines) is 1. The highest BCUT2D eigenvalue weighted by molar-refractivity contribution is 5.77. The van der Waals surface area contributed by atoms with Crippen molar-refractivity contribution in [2.75, 3.05) is 19.7 Å². The molecule has 7 nitrogen and oxygen atoms in total. The van der Waals surface area contributed by atoms with Crippen LogP contribution in [0.2, 0.25) is 0 Å². The maximum Gasteiger partial charge on any atom is 0.260 e. The molecule has 1 fully saturated rings. The van der Waals surface area contributed by atoms with Crippen molar-refractivity contribution in [2.45, 2.75) is 25.3 Å². The van der Waals surface area contributed by atoms with E-state index >= 15 is 0 Å². The molecule has 1 aromatic carbocycles. The van der Waals surface area contributed by atoms with Gasteiger partial charge in [0.25, 0.3) is 5.91 Å². The van der Waals surface area contributed by atoms with Crippen LogP contribution in [0.25, 0.3) is 0 Å². The number of hydrogen-bond donors (Lipinski definition) is 0. The fourth-order valence-corrected chi connectivity index (χ4v) is 2.83. The smallest absolute Gasteiger partial charge is 0.260 e. The van der Waals surface area contributed by atoms with E-state index in [0.717, 1.165) is 24.9 Å². The summed E-state index contributed by atoms with van der Waals surface area (Å²) in [7, 11) is 0. The standard InChI is InChI=1S/C17H19N5O2/c18-8-7-14-3-5-16(6-4-14)24-11-17(23)21-9-1-2-15(10-21)22-13-19-12-20-22/h3-6,12-13,15H,1-2,7,9-11H2/t15-/m0/s1. The summed E-state index contributed by atoms with van der Waals surface area (Å²) in [6, 6.07) is 9.52. The van der Waals surface area contributed by atoms with Gasteiger partial charge in [-0.3, -0.25) is 4.79 Å². The highest BCUT2D eigenvalue weighted by atomic mass is 16.5. The predicted molar refractivity (Wildman–Crippen MR) is 86.1 cm³/mol. The number of rotatable bonds is 5. The van der Waals surface area contributed by atoms with Gasteiger partial charge in [0.1, 0.15) is 18.4 Å². The first-order chi connectivity index (χ1) is 11.8. The molecule has 0 saturated carbocycles. The Morgan fingerprint density at radius 3 is 2.92 bits per heavy atom. The minimum absolute atomic E-state index is 0.0155. The second-order valence-electron chi connectivity index (χ2n) is 5.78. The summed E-state index contributed by atoms with van der Waals surface area (Å²) in [4.78, 5) is 18.2. The predicted octanol–water partition coefficient (Wildman–Crippen LogP) is 1.59. The number of ether oxygens (including phenoxy) is 1. The van der Waals surface area contributed by atoms with Gasteiger partial charge >= 0.3 is 0 Å². The van der Waals surface area contributed by atoms with Crippen LogP contribution >= 0.6 is 0 Å². The van der Waals surface area contributed by atoms with E-state index in [1.54, 1.807) is 18.5 Å². The normalized spacial score (nSPS) is 17.3. The number of carbonyl (C=O) groups is 1. The van der Waals surface area contributed by atoms with Crippen LogP contribution in [0, 0.1) is 11.3 Å². The monoisotopic (exact) mass is 325 g/mol. The minimum atomic E-state index is -0.0269. The zero-order chi connectivity index (χ0) is 16.8. The van der Waals surface area contributed by atoms with Crippen LogP contribution in [0.5, 0.6) is 5.75 Å². The Hall–Kier alpha value is -2.88. The van der Waals surface area contributed by atoms with E-state index in [0.29, 0.717) is 18.7 Å². The molecule has 1 aliphatic rings. The molecule has 0 bridgehead atoms. The molecule has 2 aromatic rings. The third-order valence-corrected chi connectivity index (χ3v) is 4.13. The van der Waals surface area contributed by atoms with E-state index in [4.69, 9.17) is 10.00 Å². The Kier molecular flexibility index (Phi) is 5.06. The third kappa shape index (κ3) is 3.90. The van der Waals surface area contributed by atoms with Crippen molar-refractivity contribution in [1.29, 1.82) is 5.26 Å². The number of benzene rings is 1. The molecule has 2 heterocycles. The van der Waals surface area contributed by atoms with Crippen molar-refractivity contribution in [3.63, 3.8) is 0 Å². The van der Waals surface area contributed by atoms with Gasteiger partial charge < -0.3 is 9.64 Å². The number of hydrogen-bond acceptors (Lipinski definition) is 5. The van der Waals surface area contributed by atoms with Gasteiger partial charge in [0.15, 0.2) is 6.61 Å². The number of carbonyl (C=O) groups excluding carboxylic acids is 1. The van der Waals surface area contributed by atoms with Gasteiger partial charge in [-0.2, -0.15) is 10.4 Å².